The molecule has 0 spiro atoms. The molecule has 0 atom stereocenters. The first-order valence-corrected chi connectivity index (χ1v) is 5.33. The molecule has 1 heterocycles. The summed E-state index contributed by atoms with van der Waals surface area (Å²) in [5, 5.41) is 9.04. The fraction of sp³-hybridized carbons (Fsp3) is 0.154. The van der Waals surface area contributed by atoms with Crippen LogP contribution in [-0.2, 0) is 6.54 Å². The number of hydrogen-bond acceptors (Lipinski definition) is 3. The molecular weight excluding hydrogens is 237 g/mol. The smallest absolute Gasteiger partial charge is 0.340 e. The number of carboxylic acids is 1. The molecule has 2 aromatic rings. The molecule has 0 saturated carbocycles. The lowest BCUT2D eigenvalue weighted by Crippen LogP contribution is -2.20. The maximum Gasteiger partial charge on any atom is 0.340 e. The number of aromatic carboxylic acids is 1. The van der Waals surface area contributed by atoms with Crippen LogP contribution in [0.25, 0.3) is 0 Å². The van der Waals surface area contributed by atoms with Gasteiger partial charge < -0.3 is 14.4 Å². The van der Waals surface area contributed by atoms with E-state index in [9.17, 15) is 9.18 Å². The van der Waals surface area contributed by atoms with Gasteiger partial charge in [-0.05, 0) is 18.2 Å². The van der Waals surface area contributed by atoms with Crippen molar-refractivity contribution in [3.05, 3.63) is 53.7 Å². The van der Waals surface area contributed by atoms with Gasteiger partial charge in [0, 0.05) is 19.2 Å². The first-order valence-electron chi connectivity index (χ1n) is 5.33. The highest BCUT2D eigenvalue weighted by atomic mass is 19.1. The van der Waals surface area contributed by atoms with E-state index in [0.29, 0.717) is 12.2 Å². The number of halogens is 1. The zero-order valence-corrected chi connectivity index (χ0v) is 9.76. The molecule has 0 saturated heterocycles. The molecule has 0 unspecified atom stereocenters. The second kappa shape index (κ2) is 4.91. The molecule has 0 aliphatic heterocycles. The lowest BCUT2D eigenvalue weighted by atomic mass is 10.1. The Hall–Kier alpha value is -2.30. The summed E-state index contributed by atoms with van der Waals surface area (Å²) in [7, 11) is 1.70. The zero-order valence-electron chi connectivity index (χ0n) is 9.76. The third-order valence-electron chi connectivity index (χ3n) is 2.62. The Morgan fingerprint density at radius 2 is 2.22 bits per heavy atom. The van der Waals surface area contributed by atoms with Crippen LogP contribution in [-0.4, -0.2) is 18.1 Å². The predicted molar refractivity (Wildman–Crippen MR) is 64.2 cm³/mol. The van der Waals surface area contributed by atoms with Crippen LogP contribution in [0.2, 0.25) is 0 Å². The molecule has 1 aromatic carbocycles. The third-order valence-corrected chi connectivity index (χ3v) is 2.62. The first kappa shape index (κ1) is 12.2. The number of rotatable bonds is 4. The molecule has 0 amide bonds. The van der Waals surface area contributed by atoms with Gasteiger partial charge in [0.05, 0.1) is 18.2 Å². The maximum atomic E-state index is 13.5. The van der Waals surface area contributed by atoms with E-state index in [2.05, 4.69) is 0 Å². The van der Waals surface area contributed by atoms with Crippen molar-refractivity contribution in [3.63, 3.8) is 0 Å². The van der Waals surface area contributed by atoms with Gasteiger partial charge in [-0.25, -0.2) is 9.18 Å². The highest BCUT2D eigenvalue weighted by molar-refractivity contribution is 5.94. The van der Waals surface area contributed by atoms with Crippen LogP contribution in [0.4, 0.5) is 10.1 Å². The molecule has 0 bridgehead atoms. The van der Waals surface area contributed by atoms with Gasteiger partial charge >= 0.3 is 5.97 Å². The van der Waals surface area contributed by atoms with Crippen molar-refractivity contribution < 1.29 is 18.7 Å². The monoisotopic (exact) mass is 249 g/mol. The molecule has 0 radical (unpaired) electrons. The SMILES string of the molecule is CN(Cc1ccoc1)c1cccc(F)c1C(=O)O. The zero-order chi connectivity index (χ0) is 13.1. The Kier molecular flexibility index (Phi) is 3.32. The Labute approximate surface area is 103 Å². The van der Waals surface area contributed by atoms with Gasteiger partial charge in [-0.2, -0.15) is 0 Å². The summed E-state index contributed by atoms with van der Waals surface area (Å²) in [5.41, 5.74) is 0.908. The highest BCUT2D eigenvalue weighted by Crippen LogP contribution is 2.23. The van der Waals surface area contributed by atoms with Gasteiger partial charge in [0.25, 0.3) is 0 Å². The standard InChI is InChI=1S/C13H12FNO3/c1-15(7-9-5-6-18-8-9)11-4-2-3-10(14)12(11)13(16)17/h2-6,8H,7H2,1H3,(H,16,17). The average Bonchev–Trinajstić information content (AvgIpc) is 2.80. The second-order valence-corrected chi connectivity index (χ2v) is 3.93. The normalized spacial score (nSPS) is 10.3. The Morgan fingerprint density at radius 3 is 2.83 bits per heavy atom. The molecule has 4 nitrogen and oxygen atoms in total. The summed E-state index contributed by atoms with van der Waals surface area (Å²) in [4.78, 5) is 12.7. The fourth-order valence-corrected chi connectivity index (χ4v) is 1.78. The number of carbonyl (C=O) groups is 1. The number of furan rings is 1. The summed E-state index contributed by atoms with van der Waals surface area (Å²) in [6.45, 7) is 0.445. The quantitative estimate of drug-likeness (QED) is 0.905. The van der Waals surface area contributed by atoms with Crippen molar-refractivity contribution in [3.8, 4) is 0 Å². The van der Waals surface area contributed by atoms with Crippen molar-refractivity contribution >= 4 is 11.7 Å². The lowest BCUT2D eigenvalue weighted by molar-refractivity contribution is 0.0692. The predicted octanol–water partition coefficient (Wildman–Crippen LogP) is 2.75. The third kappa shape index (κ3) is 2.34. The Balaban J connectivity index is 2.32. The number of carboxylic acid groups (broad SMARTS) is 1. The number of hydrogen-bond donors (Lipinski definition) is 1. The van der Waals surface area contributed by atoms with Crippen LogP contribution in [0.5, 0.6) is 0 Å². The van der Waals surface area contributed by atoms with E-state index < -0.39 is 11.8 Å². The minimum Gasteiger partial charge on any atom is -0.478 e. The van der Waals surface area contributed by atoms with E-state index in [1.54, 1.807) is 30.3 Å². The Bertz CT molecular complexity index is 551. The molecule has 1 N–H and O–H groups in total. The molecule has 94 valence electrons. The second-order valence-electron chi connectivity index (χ2n) is 3.93. The summed E-state index contributed by atoms with van der Waals surface area (Å²) in [6, 6.07) is 5.98. The van der Waals surface area contributed by atoms with E-state index in [0.717, 1.165) is 11.6 Å². The summed E-state index contributed by atoms with van der Waals surface area (Å²) >= 11 is 0. The van der Waals surface area contributed by atoms with Gasteiger partial charge in [0.2, 0.25) is 0 Å². The van der Waals surface area contributed by atoms with Crippen LogP contribution in [0, 0.1) is 5.82 Å². The lowest BCUT2D eigenvalue weighted by Gasteiger charge is -2.20. The minimum atomic E-state index is -1.28. The van der Waals surface area contributed by atoms with Gasteiger partial charge in [0.1, 0.15) is 11.4 Å². The van der Waals surface area contributed by atoms with Gasteiger partial charge in [-0.15, -0.1) is 0 Å². The number of benzene rings is 1. The number of nitrogens with zero attached hydrogens (tertiary/aromatic N) is 1. The maximum absolute atomic E-state index is 13.5. The number of anilines is 1. The fourth-order valence-electron chi connectivity index (χ4n) is 1.78. The first-order chi connectivity index (χ1) is 8.59. The van der Waals surface area contributed by atoms with E-state index in [4.69, 9.17) is 9.52 Å². The molecular formula is C13H12FNO3. The van der Waals surface area contributed by atoms with Crippen molar-refractivity contribution in [2.24, 2.45) is 0 Å². The summed E-state index contributed by atoms with van der Waals surface area (Å²) < 4.78 is 18.4. The van der Waals surface area contributed by atoms with Crippen molar-refractivity contribution in [2.75, 3.05) is 11.9 Å². The molecule has 0 aliphatic rings. The highest BCUT2D eigenvalue weighted by Gasteiger charge is 2.18. The molecule has 0 fully saturated rings. The molecule has 1 aromatic heterocycles. The van der Waals surface area contributed by atoms with Crippen LogP contribution in [0.1, 0.15) is 15.9 Å². The average molecular weight is 249 g/mol. The van der Waals surface area contributed by atoms with Crippen LogP contribution in [0.3, 0.4) is 0 Å². The summed E-state index contributed by atoms with van der Waals surface area (Å²) in [5.74, 6) is -2.01. The molecule has 18 heavy (non-hydrogen) atoms. The van der Waals surface area contributed by atoms with Gasteiger partial charge in [-0.1, -0.05) is 6.07 Å². The van der Waals surface area contributed by atoms with Crippen LogP contribution >= 0.6 is 0 Å². The van der Waals surface area contributed by atoms with Crippen molar-refractivity contribution in [2.45, 2.75) is 6.54 Å². The van der Waals surface area contributed by atoms with Crippen LogP contribution in [0.15, 0.2) is 41.2 Å². The van der Waals surface area contributed by atoms with Gasteiger partial charge in [0.15, 0.2) is 0 Å². The van der Waals surface area contributed by atoms with E-state index in [-0.39, 0.29) is 5.56 Å². The Morgan fingerprint density at radius 1 is 1.44 bits per heavy atom. The van der Waals surface area contributed by atoms with Crippen molar-refractivity contribution in [1.82, 2.24) is 0 Å². The van der Waals surface area contributed by atoms with Crippen LogP contribution < -0.4 is 4.90 Å². The minimum absolute atomic E-state index is 0.316. The largest absolute Gasteiger partial charge is 0.478 e. The van der Waals surface area contributed by atoms with E-state index in [1.807, 2.05) is 0 Å². The van der Waals surface area contributed by atoms with E-state index in [1.165, 1.54) is 12.3 Å². The topological polar surface area (TPSA) is 53.7 Å². The van der Waals surface area contributed by atoms with Gasteiger partial charge in [-0.3, -0.25) is 0 Å². The molecule has 0 aliphatic carbocycles. The van der Waals surface area contributed by atoms with Crippen molar-refractivity contribution in [1.29, 1.82) is 0 Å². The molecule has 5 heteroatoms. The molecule has 2 rings (SSSR count). The van der Waals surface area contributed by atoms with E-state index >= 15 is 0 Å². The summed E-state index contributed by atoms with van der Waals surface area (Å²) in [6.07, 6.45) is 3.10.